The minimum Gasteiger partial charge on any atom is -0.417 e. The van der Waals surface area contributed by atoms with Crippen molar-refractivity contribution in [2.45, 2.75) is 122 Å². The van der Waals surface area contributed by atoms with Gasteiger partial charge in [-0.1, -0.05) is 97.8 Å². The van der Waals surface area contributed by atoms with Gasteiger partial charge in [0.05, 0.1) is 0 Å². The molecule has 0 aromatic rings. The fourth-order valence-corrected chi connectivity index (χ4v) is 5.14. The lowest BCUT2D eigenvalue weighted by molar-refractivity contribution is 0.277. The molecule has 1 nitrogen and oxygen atoms in total. The van der Waals surface area contributed by atoms with Gasteiger partial charge < -0.3 is 4.43 Å². The van der Waals surface area contributed by atoms with Crippen LogP contribution in [0, 0.1) is 0 Å². The molecule has 0 spiro atoms. The van der Waals surface area contributed by atoms with E-state index in [-0.39, 0.29) is 0 Å². The molecule has 0 radical (unpaired) electrons. The molecule has 23 heavy (non-hydrogen) atoms. The lowest BCUT2D eigenvalue weighted by atomic mass is 10.1. The Hall–Kier alpha value is 0.394. The van der Waals surface area contributed by atoms with Crippen molar-refractivity contribution >= 4 is 16.4 Å². The standard InChI is InChI=1S/C20H46OSi2/c1-9-22(5,6)19-17-15-13-11-10-12-14-16-18-21-23(7,8)20(2,3)4/h9-19H2,1-8H3. The topological polar surface area (TPSA) is 9.23 Å². The predicted octanol–water partition coefficient (Wildman–Crippen LogP) is 7.86. The summed E-state index contributed by atoms with van der Waals surface area (Å²) in [5, 5.41) is 0.349. The summed E-state index contributed by atoms with van der Waals surface area (Å²) < 4.78 is 6.24. The molecular weight excluding hydrogens is 312 g/mol. The van der Waals surface area contributed by atoms with Crippen LogP contribution in [-0.4, -0.2) is 23.0 Å². The minimum atomic E-state index is -1.51. The average molecular weight is 359 g/mol. The summed E-state index contributed by atoms with van der Waals surface area (Å²) in [6, 6.07) is 2.98. The van der Waals surface area contributed by atoms with E-state index in [1.165, 1.54) is 63.5 Å². The molecule has 0 aliphatic carbocycles. The van der Waals surface area contributed by atoms with Crippen molar-refractivity contribution in [2.24, 2.45) is 0 Å². The largest absolute Gasteiger partial charge is 0.417 e. The molecule has 0 atom stereocenters. The van der Waals surface area contributed by atoms with Crippen LogP contribution in [-0.2, 0) is 4.43 Å². The van der Waals surface area contributed by atoms with E-state index in [2.05, 4.69) is 53.9 Å². The molecule has 0 bridgehead atoms. The lowest BCUT2D eigenvalue weighted by Crippen LogP contribution is -2.40. The van der Waals surface area contributed by atoms with E-state index in [0.29, 0.717) is 5.04 Å². The second-order valence-electron chi connectivity index (χ2n) is 9.70. The number of rotatable bonds is 13. The first kappa shape index (κ1) is 23.4. The maximum absolute atomic E-state index is 6.24. The molecule has 0 amide bonds. The molecule has 0 aliphatic rings. The van der Waals surface area contributed by atoms with Gasteiger partial charge in [-0.05, 0) is 24.6 Å². The highest BCUT2D eigenvalue weighted by atomic mass is 28.4. The summed E-state index contributed by atoms with van der Waals surface area (Å²) in [7, 11) is -2.32. The molecule has 140 valence electrons. The van der Waals surface area contributed by atoms with Gasteiger partial charge in [0.15, 0.2) is 8.32 Å². The van der Waals surface area contributed by atoms with Crippen molar-refractivity contribution in [1.82, 2.24) is 0 Å². The van der Waals surface area contributed by atoms with Crippen LogP contribution in [0.1, 0.15) is 79.1 Å². The highest BCUT2D eigenvalue weighted by Crippen LogP contribution is 2.36. The third-order valence-electron chi connectivity index (χ3n) is 5.97. The number of hydrogen-bond donors (Lipinski definition) is 0. The zero-order chi connectivity index (χ0) is 18.0. The molecular formula is C20H46OSi2. The van der Waals surface area contributed by atoms with Crippen molar-refractivity contribution in [2.75, 3.05) is 6.61 Å². The van der Waals surface area contributed by atoms with Crippen LogP contribution < -0.4 is 0 Å². The number of hydrogen-bond acceptors (Lipinski definition) is 1. The molecule has 0 aromatic heterocycles. The van der Waals surface area contributed by atoms with Crippen LogP contribution in [0.25, 0.3) is 0 Å². The molecule has 0 fully saturated rings. The van der Waals surface area contributed by atoms with Gasteiger partial charge in [-0.2, -0.15) is 0 Å². The van der Waals surface area contributed by atoms with Gasteiger partial charge in [0.25, 0.3) is 0 Å². The zero-order valence-corrected chi connectivity index (χ0v) is 19.7. The Morgan fingerprint density at radius 3 is 1.57 bits per heavy atom. The van der Waals surface area contributed by atoms with Crippen LogP contribution in [0.3, 0.4) is 0 Å². The monoisotopic (exact) mass is 358 g/mol. The summed E-state index contributed by atoms with van der Waals surface area (Å²) in [5.41, 5.74) is 0. The molecule has 0 unspecified atom stereocenters. The fraction of sp³-hybridized carbons (Fsp3) is 1.00. The van der Waals surface area contributed by atoms with Gasteiger partial charge in [-0.15, -0.1) is 0 Å². The fourth-order valence-electron chi connectivity index (χ4n) is 2.49. The Morgan fingerprint density at radius 2 is 1.13 bits per heavy atom. The van der Waals surface area contributed by atoms with Crippen LogP contribution >= 0.6 is 0 Å². The third-order valence-corrected chi connectivity index (χ3v) is 14.1. The Balaban J connectivity index is 3.41. The zero-order valence-electron chi connectivity index (χ0n) is 17.7. The van der Waals surface area contributed by atoms with Crippen LogP contribution in [0.4, 0.5) is 0 Å². The third kappa shape index (κ3) is 11.6. The second-order valence-corrected chi connectivity index (χ2v) is 20.0. The highest BCUT2D eigenvalue weighted by Gasteiger charge is 2.36. The Labute approximate surface area is 150 Å². The summed E-state index contributed by atoms with van der Waals surface area (Å²) in [6.45, 7) is 20.1. The minimum absolute atomic E-state index is 0.349. The molecule has 0 aromatic carbocycles. The summed E-state index contributed by atoms with van der Waals surface area (Å²) in [4.78, 5) is 0. The van der Waals surface area contributed by atoms with Gasteiger partial charge in [0, 0.05) is 14.7 Å². The second kappa shape index (κ2) is 11.1. The van der Waals surface area contributed by atoms with E-state index in [9.17, 15) is 0 Å². The lowest BCUT2D eigenvalue weighted by Gasteiger charge is -2.36. The smallest absolute Gasteiger partial charge is 0.191 e. The Kier molecular flexibility index (Phi) is 11.3. The Bertz CT molecular complexity index is 293. The summed E-state index contributed by atoms with van der Waals surface area (Å²) in [5.74, 6) is 0. The molecule has 0 rings (SSSR count). The quantitative estimate of drug-likeness (QED) is 0.240. The highest BCUT2D eigenvalue weighted by molar-refractivity contribution is 6.77. The van der Waals surface area contributed by atoms with Gasteiger partial charge in [-0.3, -0.25) is 0 Å². The van der Waals surface area contributed by atoms with E-state index in [0.717, 1.165) is 6.61 Å². The molecule has 0 N–H and O–H groups in total. The van der Waals surface area contributed by atoms with Crippen molar-refractivity contribution in [1.29, 1.82) is 0 Å². The first-order chi connectivity index (χ1) is 10.5. The van der Waals surface area contributed by atoms with E-state index in [1.807, 2.05) is 0 Å². The molecule has 3 heteroatoms. The molecule has 0 heterocycles. The normalized spacial score (nSPS) is 13.6. The van der Waals surface area contributed by atoms with E-state index < -0.39 is 16.4 Å². The van der Waals surface area contributed by atoms with Crippen LogP contribution in [0.2, 0.25) is 43.3 Å². The first-order valence-corrected chi connectivity index (χ1v) is 16.5. The SMILES string of the molecule is CC[Si](C)(C)CCCCCCCCCCO[Si](C)(C)C(C)(C)C. The van der Waals surface area contributed by atoms with Gasteiger partial charge >= 0.3 is 0 Å². The van der Waals surface area contributed by atoms with E-state index in [4.69, 9.17) is 4.43 Å². The van der Waals surface area contributed by atoms with Gasteiger partial charge in [0.1, 0.15) is 0 Å². The summed E-state index contributed by atoms with van der Waals surface area (Å²) in [6.07, 6.45) is 11.3. The van der Waals surface area contributed by atoms with E-state index in [1.54, 1.807) is 0 Å². The molecule has 0 saturated carbocycles. The maximum Gasteiger partial charge on any atom is 0.191 e. The molecule has 0 saturated heterocycles. The van der Waals surface area contributed by atoms with Crippen LogP contribution in [0.15, 0.2) is 0 Å². The van der Waals surface area contributed by atoms with Gasteiger partial charge in [-0.25, -0.2) is 0 Å². The maximum atomic E-state index is 6.24. The molecule has 0 aliphatic heterocycles. The average Bonchev–Trinajstić information content (AvgIpc) is 2.43. The Morgan fingerprint density at radius 1 is 0.696 bits per heavy atom. The van der Waals surface area contributed by atoms with Crippen LogP contribution in [0.5, 0.6) is 0 Å². The van der Waals surface area contributed by atoms with Crippen molar-refractivity contribution in [3.05, 3.63) is 0 Å². The predicted molar refractivity (Wildman–Crippen MR) is 113 cm³/mol. The van der Waals surface area contributed by atoms with E-state index >= 15 is 0 Å². The summed E-state index contributed by atoms with van der Waals surface area (Å²) >= 11 is 0. The number of unbranched alkanes of at least 4 members (excludes halogenated alkanes) is 7. The first-order valence-electron chi connectivity index (χ1n) is 10.2. The van der Waals surface area contributed by atoms with Crippen molar-refractivity contribution < 1.29 is 4.43 Å². The van der Waals surface area contributed by atoms with Crippen molar-refractivity contribution in [3.8, 4) is 0 Å². The van der Waals surface area contributed by atoms with Crippen molar-refractivity contribution in [3.63, 3.8) is 0 Å². The van der Waals surface area contributed by atoms with Gasteiger partial charge in [0.2, 0.25) is 0 Å².